The molecule has 0 atom stereocenters. The number of fused-ring (bicyclic) bond motifs is 1. The van der Waals surface area contributed by atoms with Gasteiger partial charge in [-0.1, -0.05) is 38.1 Å². The van der Waals surface area contributed by atoms with Crippen LogP contribution in [0.5, 0.6) is 0 Å². The molecule has 0 N–H and O–H groups in total. The van der Waals surface area contributed by atoms with Crippen molar-refractivity contribution in [2.24, 2.45) is 0 Å². The van der Waals surface area contributed by atoms with Crippen molar-refractivity contribution in [1.82, 2.24) is 9.21 Å². The lowest BCUT2D eigenvalue weighted by atomic mass is 9.99. The molecule has 3 rings (SSSR count). The van der Waals surface area contributed by atoms with Crippen LogP contribution in [0.4, 0.5) is 4.39 Å². The summed E-state index contributed by atoms with van der Waals surface area (Å²) in [5, 5.41) is 0. The molecular weight excluding hydrogens is 367 g/mol. The van der Waals surface area contributed by atoms with Gasteiger partial charge in [-0.3, -0.25) is 4.79 Å². The highest BCUT2D eigenvalue weighted by Gasteiger charge is 2.27. The van der Waals surface area contributed by atoms with E-state index in [4.69, 9.17) is 0 Å². The zero-order valence-electron chi connectivity index (χ0n) is 15.5. The lowest BCUT2D eigenvalue weighted by molar-refractivity contribution is 0.0729. The molecule has 2 aromatic rings. The summed E-state index contributed by atoms with van der Waals surface area (Å²) in [5.74, 6) is -1.20. The Kier molecular flexibility index (Phi) is 5.62. The summed E-state index contributed by atoms with van der Waals surface area (Å²) in [6.45, 7) is 4.96. The number of hydrogen-bond donors (Lipinski definition) is 0. The topological polar surface area (TPSA) is 57.7 Å². The lowest BCUT2D eigenvalue weighted by Gasteiger charge is -2.29. The molecule has 5 nitrogen and oxygen atoms in total. The maximum atomic E-state index is 14.4. The van der Waals surface area contributed by atoms with Crippen molar-refractivity contribution >= 4 is 15.9 Å². The van der Waals surface area contributed by atoms with E-state index in [9.17, 15) is 17.6 Å². The molecule has 7 heteroatoms. The van der Waals surface area contributed by atoms with Crippen LogP contribution in [0.15, 0.2) is 47.4 Å². The second-order valence-electron chi connectivity index (χ2n) is 6.48. The molecular formula is C20H23FN2O3S. The maximum Gasteiger partial charge on any atom is 0.257 e. The fourth-order valence-electron chi connectivity index (χ4n) is 3.38. The van der Waals surface area contributed by atoms with E-state index in [-0.39, 0.29) is 10.5 Å². The fraction of sp³-hybridized carbons (Fsp3) is 0.350. The van der Waals surface area contributed by atoms with Crippen LogP contribution in [0, 0.1) is 5.82 Å². The van der Waals surface area contributed by atoms with Crippen molar-refractivity contribution in [2.45, 2.75) is 31.7 Å². The highest BCUT2D eigenvalue weighted by atomic mass is 32.2. The molecule has 0 bridgehead atoms. The Morgan fingerprint density at radius 2 is 1.78 bits per heavy atom. The Morgan fingerprint density at radius 1 is 1.11 bits per heavy atom. The zero-order valence-corrected chi connectivity index (χ0v) is 16.3. The van der Waals surface area contributed by atoms with Gasteiger partial charge in [-0.2, -0.15) is 4.31 Å². The summed E-state index contributed by atoms with van der Waals surface area (Å²) < 4.78 is 41.0. The average Bonchev–Trinajstić information content (AvgIpc) is 2.68. The van der Waals surface area contributed by atoms with Crippen LogP contribution >= 0.6 is 0 Å². The number of hydrogen-bond acceptors (Lipinski definition) is 3. The van der Waals surface area contributed by atoms with Crippen molar-refractivity contribution in [3.8, 4) is 0 Å². The Morgan fingerprint density at radius 3 is 2.44 bits per heavy atom. The summed E-state index contributed by atoms with van der Waals surface area (Å²) >= 11 is 0. The number of amides is 1. The SMILES string of the molecule is CCN(CC)S(=O)(=O)c1ccc(F)c(C(=O)N2CCc3ccccc3C2)c1. The summed E-state index contributed by atoms with van der Waals surface area (Å²) in [7, 11) is -3.76. The van der Waals surface area contributed by atoms with Gasteiger partial charge < -0.3 is 4.90 Å². The Hall–Kier alpha value is -2.25. The molecule has 2 aromatic carbocycles. The first-order valence-corrected chi connectivity index (χ1v) is 10.5. The number of carbonyl (C=O) groups is 1. The molecule has 1 heterocycles. The van der Waals surface area contributed by atoms with E-state index in [1.54, 1.807) is 18.7 Å². The van der Waals surface area contributed by atoms with Crippen LogP contribution in [-0.2, 0) is 23.0 Å². The molecule has 0 spiro atoms. The predicted octanol–water partition coefficient (Wildman–Crippen LogP) is 3.05. The molecule has 0 saturated heterocycles. The number of sulfonamides is 1. The van der Waals surface area contributed by atoms with Crippen LogP contribution in [0.2, 0.25) is 0 Å². The highest BCUT2D eigenvalue weighted by Crippen LogP contribution is 2.24. The Balaban J connectivity index is 1.92. The molecule has 144 valence electrons. The van der Waals surface area contributed by atoms with Crippen LogP contribution in [0.1, 0.15) is 35.3 Å². The lowest BCUT2D eigenvalue weighted by Crippen LogP contribution is -2.36. The largest absolute Gasteiger partial charge is 0.334 e. The highest BCUT2D eigenvalue weighted by molar-refractivity contribution is 7.89. The molecule has 0 unspecified atom stereocenters. The quantitative estimate of drug-likeness (QED) is 0.788. The standard InChI is InChI=1S/C20H23FN2O3S/c1-3-23(4-2)27(25,26)17-9-10-19(21)18(13-17)20(24)22-12-11-15-7-5-6-8-16(15)14-22/h5-10,13H,3-4,11-12,14H2,1-2H3. The third-order valence-corrected chi connectivity index (χ3v) is 6.98. The van der Waals surface area contributed by atoms with E-state index in [1.165, 1.54) is 15.9 Å². The van der Waals surface area contributed by atoms with Gasteiger partial charge in [-0.25, -0.2) is 12.8 Å². The average molecular weight is 390 g/mol. The Bertz CT molecular complexity index is 955. The monoisotopic (exact) mass is 390 g/mol. The molecule has 27 heavy (non-hydrogen) atoms. The third-order valence-electron chi connectivity index (χ3n) is 4.93. The van der Waals surface area contributed by atoms with Gasteiger partial charge in [0.25, 0.3) is 5.91 Å². The van der Waals surface area contributed by atoms with E-state index < -0.39 is 21.7 Å². The number of benzene rings is 2. The Labute approximate surface area is 159 Å². The smallest absolute Gasteiger partial charge is 0.257 e. The molecule has 1 aliphatic heterocycles. The maximum absolute atomic E-state index is 14.4. The first-order valence-electron chi connectivity index (χ1n) is 9.04. The number of carbonyl (C=O) groups excluding carboxylic acids is 1. The van der Waals surface area contributed by atoms with Gasteiger partial charge in [0.2, 0.25) is 10.0 Å². The van der Waals surface area contributed by atoms with Gasteiger partial charge >= 0.3 is 0 Å². The first kappa shape index (κ1) is 19.5. The summed E-state index contributed by atoms with van der Waals surface area (Å²) in [6.07, 6.45) is 0.695. The third kappa shape index (κ3) is 3.75. The normalized spacial score (nSPS) is 14.3. The van der Waals surface area contributed by atoms with Crippen molar-refractivity contribution in [3.05, 3.63) is 65.0 Å². The predicted molar refractivity (Wildman–Crippen MR) is 101 cm³/mol. The van der Waals surface area contributed by atoms with E-state index in [1.807, 2.05) is 24.3 Å². The van der Waals surface area contributed by atoms with Crippen LogP contribution in [0.25, 0.3) is 0 Å². The summed E-state index contributed by atoms with van der Waals surface area (Å²) in [4.78, 5) is 14.4. The van der Waals surface area contributed by atoms with Gasteiger partial charge in [0.05, 0.1) is 10.5 Å². The van der Waals surface area contributed by atoms with Crippen molar-refractivity contribution < 1.29 is 17.6 Å². The van der Waals surface area contributed by atoms with E-state index >= 15 is 0 Å². The second-order valence-corrected chi connectivity index (χ2v) is 8.41. The van der Waals surface area contributed by atoms with E-state index in [0.717, 1.165) is 17.7 Å². The summed E-state index contributed by atoms with van der Waals surface area (Å²) in [5.41, 5.74) is 2.01. The molecule has 0 aliphatic carbocycles. The van der Waals surface area contributed by atoms with Crippen LogP contribution < -0.4 is 0 Å². The van der Waals surface area contributed by atoms with E-state index in [0.29, 0.717) is 32.6 Å². The van der Waals surface area contributed by atoms with Crippen molar-refractivity contribution in [1.29, 1.82) is 0 Å². The number of halogens is 1. The molecule has 0 saturated carbocycles. The van der Waals surface area contributed by atoms with Crippen LogP contribution in [0.3, 0.4) is 0 Å². The van der Waals surface area contributed by atoms with Gasteiger partial charge in [0.1, 0.15) is 5.82 Å². The fourth-order valence-corrected chi connectivity index (χ4v) is 4.87. The number of rotatable bonds is 5. The molecule has 0 radical (unpaired) electrons. The molecule has 0 fully saturated rings. The molecule has 1 aliphatic rings. The number of nitrogens with zero attached hydrogens (tertiary/aromatic N) is 2. The second kappa shape index (κ2) is 7.78. The van der Waals surface area contributed by atoms with Gasteiger partial charge in [0, 0.05) is 26.2 Å². The zero-order chi connectivity index (χ0) is 19.6. The molecule has 0 aromatic heterocycles. The van der Waals surface area contributed by atoms with Crippen LogP contribution in [-0.4, -0.2) is 43.2 Å². The summed E-state index contributed by atoms with van der Waals surface area (Å²) in [6, 6.07) is 11.3. The molecule has 1 amide bonds. The van der Waals surface area contributed by atoms with Gasteiger partial charge in [0.15, 0.2) is 0 Å². The van der Waals surface area contributed by atoms with Gasteiger partial charge in [-0.05, 0) is 35.7 Å². The van der Waals surface area contributed by atoms with Gasteiger partial charge in [-0.15, -0.1) is 0 Å². The van der Waals surface area contributed by atoms with Crippen molar-refractivity contribution in [3.63, 3.8) is 0 Å². The minimum atomic E-state index is -3.76. The minimum Gasteiger partial charge on any atom is -0.334 e. The van der Waals surface area contributed by atoms with E-state index in [2.05, 4.69) is 0 Å². The minimum absolute atomic E-state index is 0.0617. The first-order chi connectivity index (χ1) is 12.9. The van der Waals surface area contributed by atoms with Crippen molar-refractivity contribution in [2.75, 3.05) is 19.6 Å².